The number of anilines is 1. The van der Waals surface area contributed by atoms with E-state index in [1.165, 1.54) is 22.7 Å². The van der Waals surface area contributed by atoms with Crippen LogP contribution in [0, 0.1) is 6.92 Å². The second-order valence-electron chi connectivity index (χ2n) is 6.55. The largest absolute Gasteiger partial charge is 0.366 e. The number of nitrogens with zero attached hydrogens (tertiary/aromatic N) is 1. The second-order valence-corrected chi connectivity index (χ2v) is 8.86. The van der Waals surface area contributed by atoms with Gasteiger partial charge >= 0.3 is 5.69 Å². The van der Waals surface area contributed by atoms with Gasteiger partial charge in [0.1, 0.15) is 16.4 Å². The van der Waals surface area contributed by atoms with E-state index in [1.54, 1.807) is 12.1 Å². The highest BCUT2D eigenvalue weighted by molar-refractivity contribution is 7.20. The summed E-state index contributed by atoms with van der Waals surface area (Å²) in [5, 5.41) is 3.23. The number of benzene rings is 1. The smallest absolute Gasteiger partial charge is 0.329 e. The number of carbonyl (C=O) groups excluding carboxylic acids is 2. The van der Waals surface area contributed by atoms with E-state index in [4.69, 9.17) is 5.73 Å². The summed E-state index contributed by atoms with van der Waals surface area (Å²) in [4.78, 5) is 54.0. The molecule has 0 aliphatic rings. The number of nitrogens with one attached hydrogen (secondary N) is 2. The molecule has 0 bridgehead atoms. The van der Waals surface area contributed by atoms with Gasteiger partial charge in [-0.25, -0.2) is 4.79 Å². The molecule has 152 valence electrons. The summed E-state index contributed by atoms with van der Waals surface area (Å²) in [7, 11) is 0. The van der Waals surface area contributed by atoms with E-state index >= 15 is 0 Å². The van der Waals surface area contributed by atoms with Gasteiger partial charge in [0, 0.05) is 9.75 Å². The Morgan fingerprint density at radius 2 is 1.87 bits per heavy atom. The Labute approximate surface area is 177 Å². The van der Waals surface area contributed by atoms with Crippen molar-refractivity contribution < 1.29 is 9.59 Å². The lowest BCUT2D eigenvalue weighted by atomic mass is 10.1. The molecular weight excluding hydrogens is 424 g/mol. The number of hydrogen-bond donors (Lipinski definition) is 3. The Balaban J connectivity index is 1.64. The van der Waals surface area contributed by atoms with Crippen molar-refractivity contribution in [1.82, 2.24) is 9.55 Å². The van der Waals surface area contributed by atoms with Crippen molar-refractivity contribution >= 4 is 49.7 Å². The van der Waals surface area contributed by atoms with Crippen LogP contribution in [0.15, 0.2) is 52.1 Å². The van der Waals surface area contributed by atoms with Gasteiger partial charge in [-0.2, -0.15) is 0 Å². The molecule has 0 saturated heterocycles. The lowest BCUT2D eigenvalue weighted by molar-refractivity contribution is -0.116. The minimum absolute atomic E-state index is 0.164. The van der Waals surface area contributed by atoms with E-state index < -0.39 is 29.6 Å². The molecular formula is C20H16N4O4S2. The maximum absolute atomic E-state index is 12.6. The standard InChI is InChI=1S/C20H16N4O4S2/c1-10-7-13-18(29-10)23-20(28)24(19(13)27)9-15(25)22-17-12(16(21)26)8-14(30-17)11-5-3-2-4-6-11/h2-8H,9H2,1H3,(H2,21,26)(H,22,25)(H,23,28). The van der Waals surface area contributed by atoms with Crippen LogP contribution in [0.4, 0.5) is 5.00 Å². The highest BCUT2D eigenvalue weighted by atomic mass is 32.1. The normalized spacial score (nSPS) is 11.0. The maximum Gasteiger partial charge on any atom is 0.329 e. The molecule has 1 aromatic carbocycles. The molecule has 4 rings (SSSR count). The van der Waals surface area contributed by atoms with Gasteiger partial charge in [-0.05, 0) is 24.6 Å². The first-order valence-corrected chi connectivity index (χ1v) is 10.5. The maximum atomic E-state index is 12.6. The van der Waals surface area contributed by atoms with Gasteiger partial charge in [0.05, 0.1) is 10.9 Å². The molecule has 4 N–H and O–H groups in total. The van der Waals surface area contributed by atoms with Crippen LogP contribution in [-0.4, -0.2) is 21.4 Å². The molecule has 0 aliphatic carbocycles. The zero-order valence-corrected chi connectivity index (χ0v) is 17.4. The fourth-order valence-electron chi connectivity index (χ4n) is 3.03. The number of primary amides is 1. The van der Waals surface area contributed by atoms with E-state index in [0.717, 1.165) is 19.9 Å². The number of nitrogens with two attached hydrogens (primary N) is 1. The fraction of sp³-hybridized carbons (Fsp3) is 0.100. The van der Waals surface area contributed by atoms with Crippen LogP contribution in [0.5, 0.6) is 0 Å². The minimum atomic E-state index is -0.686. The summed E-state index contributed by atoms with van der Waals surface area (Å²) in [6.45, 7) is 1.34. The van der Waals surface area contributed by atoms with E-state index in [0.29, 0.717) is 10.2 Å². The summed E-state index contributed by atoms with van der Waals surface area (Å²) >= 11 is 2.49. The summed E-state index contributed by atoms with van der Waals surface area (Å²) in [6, 6.07) is 12.6. The molecule has 0 unspecified atom stereocenters. The molecule has 10 heteroatoms. The summed E-state index contributed by atoms with van der Waals surface area (Å²) in [6.07, 6.45) is 0. The Kier molecular flexibility index (Phi) is 5.10. The van der Waals surface area contributed by atoms with Crippen LogP contribution >= 0.6 is 22.7 Å². The van der Waals surface area contributed by atoms with Crippen molar-refractivity contribution in [1.29, 1.82) is 0 Å². The molecule has 8 nitrogen and oxygen atoms in total. The average molecular weight is 441 g/mol. The van der Waals surface area contributed by atoms with Gasteiger partial charge in [0.2, 0.25) is 5.91 Å². The number of amides is 2. The van der Waals surface area contributed by atoms with Crippen molar-refractivity contribution in [3.63, 3.8) is 0 Å². The summed E-state index contributed by atoms with van der Waals surface area (Å²) in [5.74, 6) is -1.30. The fourth-order valence-corrected chi connectivity index (χ4v) is 5.01. The van der Waals surface area contributed by atoms with Crippen molar-refractivity contribution in [2.45, 2.75) is 13.5 Å². The predicted octanol–water partition coefficient (Wildman–Crippen LogP) is 2.53. The summed E-state index contributed by atoms with van der Waals surface area (Å²) < 4.78 is 0.833. The molecule has 2 amide bonds. The highest BCUT2D eigenvalue weighted by Crippen LogP contribution is 2.35. The van der Waals surface area contributed by atoms with Crippen LogP contribution < -0.4 is 22.3 Å². The third kappa shape index (κ3) is 3.70. The number of aryl methyl sites for hydroxylation is 1. The quantitative estimate of drug-likeness (QED) is 0.441. The number of aromatic nitrogens is 2. The van der Waals surface area contributed by atoms with Gasteiger partial charge in [0.25, 0.3) is 11.5 Å². The summed E-state index contributed by atoms with van der Waals surface area (Å²) in [5.41, 5.74) is 5.28. The van der Waals surface area contributed by atoms with Crippen LogP contribution in [-0.2, 0) is 11.3 Å². The first-order chi connectivity index (χ1) is 14.3. The van der Waals surface area contributed by atoms with Gasteiger partial charge in [0.15, 0.2) is 0 Å². The molecule has 3 aromatic heterocycles. The average Bonchev–Trinajstić information content (AvgIpc) is 3.29. The lowest BCUT2D eigenvalue weighted by Crippen LogP contribution is -2.38. The third-order valence-electron chi connectivity index (χ3n) is 4.41. The number of thiophene rings is 2. The Morgan fingerprint density at radius 1 is 1.13 bits per heavy atom. The Hall–Kier alpha value is -3.50. The number of H-pyrrole nitrogens is 1. The monoisotopic (exact) mass is 440 g/mol. The number of carbonyl (C=O) groups is 2. The SMILES string of the molecule is Cc1cc2c(=O)n(CC(=O)Nc3sc(-c4ccccc4)cc3C(N)=O)c(=O)[nH]c2s1. The third-order valence-corrected chi connectivity index (χ3v) is 6.47. The van der Waals surface area contributed by atoms with E-state index in [9.17, 15) is 19.2 Å². The van der Waals surface area contributed by atoms with Crippen molar-refractivity contribution in [2.24, 2.45) is 5.73 Å². The predicted molar refractivity (Wildman–Crippen MR) is 118 cm³/mol. The zero-order chi connectivity index (χ0) is 21.4. The molecule has 0 aliphatic heterocycles. The minimum Gasteiger partial charge on any atom is -0.366 e. The second kappa shape index (κ2) is 7.73. The molecule has 4 aromatic rings. The Bertz CT molecular complexity index is 1400. The van der Waals surface area contributed by atoms with Gasteiger partial charge in [-0.1, -0.05) is 30.3 Å². The molecule has 0 saturated carbocycles. The number of aromatic amines is 1. The van der Waals surface area contributed by atoms with Gasteiger partial charge < -0.3 is 11.1 Å². The first-order valence-electron chi connectivity index (χ1n) is 8.85. The number of fused-ring (bicyclic) bond motifs is 1. The molecule has 0 spiro atoms. The van der Waals surface area contributed by atoms with Crippen molar-refractivity contribution in [3.8, 4) is 10.4 Å². The van der Waals surface area contributed by atoms with E-state index in [2.05, 4.69) is 10.3 Å². The van der Waals surface area contributed by atoms with Crippen LogP contribution in [0.1, 0.15) is 15.2 Å². The molecule has 0 atom stereocenters. The molecule has 0 radical (unpaired) electrons. The highest BCUT2D eigenvalue weighted by Gasteiger charge is 2.18. The van der Waals surface area contributed by atoms with Crippen LogP contribution in [0.3, 0.4) is 0 Å². The van der Waals surface area contributed by atoms with Crippen molar-refractivity contribution in [3.05, 3.63) is 73.7 Å². The van der Waals surface area contributed by atoms with Crippen molar-refractivity contribution in [2.75, 3.05) is 5.32 Å². The van der Waals surface area contributed by atoms with E-state index in [1.807, 2.05) is 37.3 Å². The molecule has 30 heavy (non-hydrogen) atoms. The van der Waals surface area contributed by atoms with Gasteiger partial charge in [-0.3, -0.25) is 23.9 Å². The zero-order valence-electron chi connectivity index (χ0n) is 15.7. The topological polar surface area (TPSA) is 127 Å². The number of hydrogen-bond acceptors (Lipinski definition) is 6. The van der Waals surface area contributed by atoms with Gasteiger partial charge in [-0.15, -0.1) is 22.7 Å². The van der Waals surface area contributed by atoms with Crippen LogP contribution in [0.25, 0.3) is 20.7 Å². The lowest BCUT2D eigenvalue weighted by Gasteiger charge is -2.06. The van der Waals surface area contributed by atoms with E-state index in [-0.39, 0.29) is 10.6 Å². The molecule has 0 fully saturated rings. The number of rotatable bonds is 5. The van der Waals surface area contributed by atoms with Crippen LogP contribution in [0.2, 0.25) is 0 Å². The Morgan fingerprint density at radius 3 is 2.57 bits per heavy atom. The first kappa shape index (κ1) is 19.8. The molecule has 3 heterocycles.